The fraction of sp³-hybridized carbons (Fsp3) is 0.238. The zero-order valence-corrected chi connectivity index (χ0v) is 16.1. The largest absolute Gasteiger partial charge is 0.457 e. The molecule has 0 saturated carbocycles. The highest BCUT2D eigenvalue weighted by molar-refractivity contribution is 7.89. The van der Waals surface area contributed by atoms with Gasteiger partial charge in [-0.25, -0.2) is 17.5 Å². The van der Waals surface area contributed by atoms with E-state index < -0.39 is 33.9 Å². The number of esters is 1. The molecule has 2 aliphatic rings. The van der Waals surface area contributed by atoms with E-state index in [0.29, 0.717) is 6.42 Å². The molecule has 4 rings (SSSR count). The van der Waals surface area contributed by atoms with Crippen molar-refractivity contribution in [2.24, 2.45) is 5.92 Å². The Morgan fingerprint density at radius 1 is 1.11 bits per heavy atom. The van der Waals surface area contributed by atoms with Gasteiger partial charge in [0.05, 0.1) is 16.9 Å². The number of ether oxygens (including phenoxy) is 1. The van der Waals surface area contributed by atoms with Crippen LogP contribution in [0.1, 0.15) is 17.5 Å². The van der Waals surface area contributed by atoms with Crippen molar-refractivity contribution >= 4 is 21.9 Å². The number of β-lactam (4-membered cyclic amide) rings is 1. The number of rotatable bonds is 5. The van der Waals surface area contributed by atoms with Crippen LogP contribution in [-0.4, -0.2) is 30.6 Å². The number of benzene rings is 2. The van der Waals surface area contributed by atoms with Crippen LogP contribution in [0.3, 0.4) is 0 Å². The predicted molar refractivity (Wildman–Crippen MR) is 101 cm³/mol. The summed E-state index contributed by atoms with van der Waals surface area (Å²) in [5.74, 6) is -1.90. The first kappa shape index (κ1) is 18.4. The van der Waals surface area contributed by atoms with Crippen LogP contribution < -0.4 is 0 Å². The first-order chi connectivity index (χ1) is 13.4. The quantitative estimate of drug-likeness (QED) is 0.572. The molecule has 6 nitrogen and oxygen atoms in total. The number of amides is 1. The first-order valence-electron chi connectivity index (χ1n) is 8.95. The molecule has 1 aliphatic carbocycles. The summed E-state index contributed by atoms with van der Waals surface area (Å²) in [6.45, 7) is 1.96. The summed E-state index contributed by atoms with van der Waals surface area (Å²) in [5, 5.41) is 0. The van der Waals surface area contributed by atoms with E-state index in [0.717, 1.165) is 15.4 Å². The lowest BCUT2D eigenvalue weighted by Crippen LogP contribution is -2.61. The fourth-order valence-electron chi connectivity index (χ4n) is 3.60. The summed E-state index contributed by atoms with van der Waals surface area (Å²) < 4.78 is 31.9. The van der Waals surface area contributed by atoms with Crippen molar-refractivity contribution < 1.29 is 22.7 Å². The molecule has 0 N–H and O–H groups in total. The minimum Gasteiger partial charge on any atom is -0.457 e. The number of carbonyl (C=O) groups is 2. The lowest BCUT2D eigenvalue weighted by Gasteiger charge is -2.42. The van der Waals surface area contributed by atoms with Crippen LogP contribution >= 0.6 is 0 Å². The van der Waals surface area contributed by atoms with Gasteiger partial charge in [0, 0.05) is 5.57 Å². The minimum absolute atomic E-state index is 0.0741. The number of sulfonamides is 1. The third-order valence-corrected chi connectivity index (χ3v) is 6.95. The molecular formula is C21H19NO5S. The zero-order valence-electron chi connectivity index (χ0n) is 15.2. The van der Waals surface area contributed by atoms with E-state index >= 15 is 0 Å². The highest BCUT2D eigenvalue weighted by Gasteiger charge is 2.58. The van der Waals surface area contributed by atoms with E-state index in [4.69, 9.17) is 4.74 Å². The molecule has 28 heavy (non-hydrogen) atoms. The molecule has 0 aromatic heterocycles. The van der Waals surface area contributed by atoms with Gasteiger partial charge >= 0.3 is 5.97 Å². The Hall–Kier alpha value is -2.93. The van der Waals surface area contributed by atoms with Crippen LogP contribution in [0.2, 0.25) is 0 Å². The van der Waals surface area contributed by atoms with E-state index in [-0.39, 0.29) is 17.1 Å². The van der Waals surface area contributed by atoms with Crippen molar-refractivity contribution in [3.8, 4) is 0 Å². The molecule has 2 aromatic carbocycles. The molecular weight excluding hydrogens is 378 g/mol. The Bertz CT molecular complexity index is 1060. The Labute approximate surface area is 163 Å². The lowest BCUT2D eigenvalue weighted by atomic mass is 9.89. The highest BCUT2D eigenvalue weighted by atomic mass is 32.2. The average Bonchev–Trinajstić information content (AvgIpc) is 3.06. The molecule has 0 spiro atoms. The van der Waals surface area contributed by atoms with Gasteiger partial charge in [-0.1, -0.05) is 54.1 Å². The van der Waals surface area contributed by atoms with E-state index in [1.165, 1.54) is 12.1 Å². The molecule has 1 fully saturated rings. The Kier molecular flexibility index (Phi) is 4.55. The fourth-order valence-corrected chi connectivity index (χ4v) is 5.22. The first-order valence-corrected chi connectivity index (χ1v) is 10.4. The van der Waals surface area contributed by atoms with Crippen molar-refractivity contribution in [2.75, 3.05) is 0 Å². The number of nitrogens with zero attached hydrogens (tertiary/aromatic N) is 1. The predicted octanol–water partition coefficient (Wildman–Crippen LogP) is 2.58. The molecule has 2 aromatic rings. The summed E-state index contributed by atoms with van der Waals surface area (Å²) in [6.07, 6.45) is 1.93. The van der Waals surface area contributed by atoms with E-state index in [1.807, 2.05) is 37.3 Å². The third kappa shape index (κ3) is 3.01. The number of fused-ring (bicyclic) bond motifs is 1. The van der Waals surface area contributed by atoms with Gasteiger partial charge in [0.25, 0.3) is 10.0 Å². The van der Waals surface area contributed by atoms with Gasteiger partial charge in [0.2, 0.25) is 5.91 Å². The standard InChI is InChI=1S/C21H19NO5S/c1-14-7-9-16(10-8-14)28(25,26)22-18-12-11-17(19(18)20(22)23)21(24)27-13-15-5-3-2-4-6-15/h2-11,18-19H,12-13H2,1H3. The number of aryl methyl sites for hydroxylation is 1. The van der Waals surface area contributed by atoms with Crippen molar-refractivity contribution in [3.05, 3.63) is 77.4 Å². The second kappa shape index (κ2) is 6.91. The van der Waals surface area contributed by atoms with Crippen molar-refractivity contribution in [1.29, 1.82) is 0 Å². The Morgan fingerprint density at radius 2 is 1.79 bits per heavy atom. The smallest absolute Gasteiger partial charge is 0.334 e. The van der Waals surface area contributed by atoms with Crippen LogP contribution in [0.25, 0.3) is 0 Å². The maximum Gasteiger partial charge on any atom is 0.334 e. The van der Waals surface area contributed by atoms with Gasteiger partial charge in [0.15, 0.2) is 0 Å². The summed E-state index contributed by atoms with van der Waals surface area (Å²) in [4.78, 5) is 25.1. The Morgan fingerprint density at radius 3 is 2.46 bits per heavy atom. The Balaban J connectivity index is 1.46. The number of hydrogen-bond donors (Lipinski definition) is 0. The maximum absolute atomic E-state index is 12.8. The third-order valence-electron chi connectivity index (χ3n) is 5.11. The number of hydrogen-bond acceptors (Lipinski definition) is 5. The van der Waals surface area contributed by atoms with Crippen molar-refractivity contribution in [1.82, 2.24) is 4.31 Å². The molecule has 7 heteroatoms. The molecule has 2 atom stereocenters. The molecule has 1 amide bonds. The van der Waals surface area contributed by atoms with E-state index in [1.54, 1.807) is 18.2 Å². The zero-order chi connectivity index (χ0) is 19.9. The van der Waals surface area contributed by atoms with Gasteiger partial charge in [-0.3, -0.25) is 4.79 Å². The normalized spacial score (nSPS) is 21.0. The molecule has 144 valence electrons. The summed E-state index contributed by atoms with van der Waals surface area (Å²) in [5.41, 5.74) is 2.02. The van der Waals surface area contributed by atoms with Crippen molar-refractivity contribution in [3.63, 3.8) is 0 Å². The topological polar surface area (TPSA) is 80.8 Å². The summed E-state index contributed by atoms with van der Waals surface area (Å²) >= 11 is 0. The second-order valence-corrected chi connectivity index (χ2v) is 8.77. The molecule has 1 heterocycles. The van der Waals surface area contributed by atoms with Gasteiger partial charge in [-0.2, -0.15) is 0 Å². The average molecular weight is 397 g/mol. The monoisotopic (exact) mass is 397 g/mol. The van der Waals surface area contributed by atoms with Gasteiger partial charge in [-0.05, 0) is 31.0 Å². The maximum atomic E-state index is 12.8. The van der Waals surface area contributed by atoms with Crippen LogP contribution in [0.15, 0.2) is 71.1 Å². The van der Waals surface area contributed by atoms with Gasteiger partial charge in [-0.15, -0.1) is 0 Å². The summed E-state index contributed by atoms with van der Waals surface area (Å²) in [6, 6.07) is 15.0. The van der Waals surface area contributed by atoms with Crippen LogP contribution in [0.4, 0.5) is 0 Å². The van der Waals surface area contributed by atoms with Crippen LogP contribution in [0.5, 0.6) is 0 Å². The van der Waals surface area contributed by atoms with E-state index in [2.05, 4.69) is 0 Å². The second-order valence-electron chi connectivity index (χ2n) is 6.95. The molecule has 2 unspecified atom stereocenters. The molecule has 1 saturated heterocycles. The number of carbonyl (C=O) groups excluding carboxylic acids is 2. The minimum atomic E-state index is -3.93. The van der Waals surface area contributed by atoms with Crippen LogP contribution in [0, 0.1) is 12.8 Å². The molecule has 0 bridgehead atoms. The van der Waals surface area contributed by atoms with Gasteiger partial charge in [0.1, 0.15) is 6.61 Å². The molecule has 0 radical (unpaired) electrons. The van der Waals surface area contributed by atoms with E-state index in [9.17, 15) is 18.0 Å². The van der Waals surface area contributed by atoms with Crippen molar-refractivity contribution in [2.45, 2.75) is 30.9 Å². The highest BCUT2D eigenvalue weighted by Crippen LogP contribution is 2.44. The SMILES string of the molecule is Cc1ccc(S(=O)(=O)N2C(=O)C3C(C(=O)OCc4ccccc4)=CCC32)cc1. The lowest BCUT2D eigenvalue weighted by molar-refractivity contribution is -0.149. The molecule has 1 aliphatic heterocycles. The van der Waals surface area contributed by atoms with Crippen LogP contribution in [-0.2, 0) is 31.0 Å². The summed E-state index contributed by atoms with van der Waals surface area (Å²) in [7, 11) is -3.93. The van der Waals surface area contributed by atoms with Gasteiger partial charge < -0.3 is 4.74 Å².